The molecule has 0 spiro atoms. The van der Waals surface area contributed by atoms with Gasteiger partial charge in [-0.25, -0.2) is 0 Å². The monoisotopic (exact) mass is 405 g/mol. The van der Waals surface area contributed by atoms with Crippen molar-refractivity contribution in [2.24, 2.45) is 11.7 Å². The lowest BCUT2D eigenvalue weighted by atomic mass is 10.1. The Bertz CT molecular complexity index is 506. The van der Waals surface area contributed by atoms with E-state index in [0.29, 0.717) is 5.69 Å². The van der Waals surface area contributed by atoms with Crippen LogP contribution in [0, 0.1) is 5.92 Å². The number of halogens is 2. The minimum absolute atomic E-state index is 0.0266. The molecule has 0 heterocycles. The third kappa shape index (κ3) is 5.22. The highest BCUT2D eigenvalue weighted by molar-refractivity contribution is 9.11. The number of anilines is 1. The molecule has 1 aromatic carbocycles. The van der Waals surface area contributed by atoms with Crippen molar-refractivity contribution < 1.29 is 9.59 Å². The van der Waals surface area contributed by atoms with Crippen molar-refractivity contribution in [3.63, 3.8) is 0 Å². The minimum atomic E-state index is -0.609. The van der Waals surface area contributed by atoms with Gasteiger partial charge in [-0.05, 0) is 40.0 Å². The molecule has 4 N–H and O–H groups in total. The largest absolute Gasteiger partial charge is 0.346 e. The summed E-state index contributed by atoms with van der Waals surface area (Å²) in [4.78, 5) is 23.4. The zero-order valence-corrected chi connectivity index (χ0v) is 14.4. The molecule has 2 amide bonds. The SMILES string of the molecule is CC(C)[C@H](N)C(=O)NCC(=O)Nc1ccc(Br)cc1Br. The van der Waals surface area contributed by atoms with Crippen molar-refractivity contribution >= 4 is 49.4 Å². The molecule has 7 heteroatoms. The minimum Gasteiger partial charge on any atom is -0.346 e. The maximum atomic E-state index is 11.7. The van der Waals surface area contributed by atoms with Gasteiger partial charge in [0.15, 0.2) is 0 Å². The van der Waals surface area contributed by atoms with Crippen molar-refractivity contribution in [3.05, 3.63) is 27.1 Å². The second-order valence-electron chi connectivity index (χ2n) is 4.66. The number of hydrogen-bond acceptors (Lipinski definition) is 3. The van der Waals surface area contributed by atoms with Crippen LogP contribution in [0.15, 0.2) is 27.1 Å². The van der Waals surface area contributed by atoms with Crippen molar-refractivity contribution in [1.82, 2.24) is 5.32 Å². The Morgan fingerprint density at radius 1 is 1.30 bits per heavy atom. The first-order chi connectivity index (χ1) is 9.31. The van der Waals surface area contributed by atoms with Gasteiger partial charge in [-0.3, -0.25) is 9.59 Å². The van der Waals surface area contributed by atoms with Gasteiger partial charge in [0.05, 0.1) is 18.3 Å². The van der Waals surface area contributed by atoms with E-state index in [4.69, 9.17) is 5.73 Å². The fraction of sp³-hybridized carbons (Fsp3) is 0.385. The Morgan fingerprint density at radius 3 is 2.50 bits per heavy atom. The van der Waals surface area contributed by atoms with Gasteiger partial charge in [-0.1, -0.05) is 29.8 Å². The zero-order chi connectivity index (χ0) is 15.3. The van der Waals surface area contributed by atoms with Crippen LogP contribution in [0.2, 0.25) is 0 Å². The molecular formula is C13H17Br2N3O2. The number of carbonyl (C=O) groups is 2. The molecule has 20 heavy (non-hydrogen) atoms. The van der Waals surface area contributed by atoms with E-state index in [0.717, 1.165) is 8.95 Å². The molecule has 0 bridgehead atoms. The summed E-state index contributed by atoms with van der Waals surface area (Å²) in [7, 11) is 0. The van der Waals surface area contributed by atoms with Crippen molar-refractivity contribution in [1.29, 1.82) is 0 Å². The van der Waals surface area contributed by atoms with E-state index in [-0.39, 0.29) is 24.3 Å². The number of nitrogens with one attached hydrogen (secondary N) is 2. The summed E-state index contributed by atoms with van der Waals surface area (Å²) >= 11 is 6.67. The van der Waals surface area contributed by atoms with Gasteiger partial charge >= 0.3 is 0 Å². The summed E-state index contributed by atoms with van der Waals surface area (Å²) in [6, 6.07) is 4.78. The summed E-state index contributed by atoms with van der Waals surface area (Å²) in [5.74, 6) is -0.610. The van der Waals surface area contributed by atoms with Crippen LogP contribution in [0.3, 0.4) is 0 Å². The number of hydrogen-bond donors (Lipinski definition) is 3. The molecule has 0 unspecified atom stereocenters. The molecule has 0 fully saturated rings. The number of benzene rings is 1. The Morgan fingerprint density at radius 2 is 1.95 bits per heavy atom. The van der Waals surface area contributed by atoms with E-state index in [2.05, 4.69) is 42.5 Å². The molecule has 1 rings (SSSR count). The smallest absolute Gasteiger partial charge is 0.243 e. The van der Waals surface area contributed by atoms with E-state index in [1.54, 1.807) is 6.07 Å². The van der Waals surface area contributed by atoms with Crippen molar-refractivity contribution in [3.8, 4) is 0 Å². The fourth-order valence-corrected chi connectivity index (χ4v) is 2.52. The highest BCUT2D eigenvalue weighted by atomic mass is 79.9. The topological polar surface area (TPSA) is 84.2 Å². The Kier molecular flexibility index (Phi) is 6.64. The number of nitrogens with two attached hydrogens (primary N) is 1. The number of carbonyl (C=O) groups excluding carboxylic acids is 2. The fourth-order valence-electron chi connectivity index (χ4n) is 1.37. The van der Waals surface area contributed by atoms with Gasteiger partial charge in [0, 0.05) is 8.95 Å². The van der Waals surface area contributed by atoms with Crippen LogP contribution in [0.25, 0.3) is 0 Å². The molecule has 0 aliphatic heterocycles. The molecule has 0 aliphatic rings. The summed E-state index contributed by atoms with van der Waals surface area (Å²) in [5, 5.41) is 5.21. The van der Waals surface area contributed by atoms with Crippen molar-refractivity contribution in [2.75, 3.05) is 11.9 Å². The van der Waals surface area contributed by atoms with Crippen molar-refractivity contribution in [2.45, 2.75) is 19.9 Å². The first kappa shape index (κ1) is 17.1. The lowest BCUT2D eigenvalue weighted by Crippen LogP contribution is -2.46. The quantitative estimate of drug-likeness (QED) is 0.701. The van der Waals surface area contributed by atoms with Gasteiger partial charge in [0.1, 0.15) is 0 Å². The second kappa shape index (κ2) is 7.75. The Labute approximate surface area is 134 Å². The third-order valence-corrected chi connectivity index (χ3v) is 3.80. The molecule has 0 aromatic heterocycles. The predicted octanol–water partition coefficient (Wildman–Crippen LogP) is 2.25. The maximum Gasteiger partial charge on any atom is 0.243 e. The highest BCUT2D eigenvalue weighted by Crippen LogP contribution is 2.25. The van der Waals surface area contributed by atoms with Crippen LogP contribution in [-0.4, -0.2) is 24.4 Å². The Balaban J connectivity index is 2.50. The van der Waals surface area contributed by atoms with Crippen LogP contribution < -0.4 is 16.4 Å². The maximum absolute atomic E-state index is 11.7. The van der Waals surface area contributed by atoms with Gasteiger partial charge in [0.2, 0.25) is 11.8 Å². The summed E-state index contributed by atoms with van der Waals surface area (Å²) in [6.07, 6.45) is 0. The van der Waals surface area contributed by atoms with Crippen LogP contribution in [0.1, 0.15) is 13.8 Å². The molecule has 0 saturated carbocycles. The van der Waals surface area contributed by atoms with E-state index in [1.807, 2.05) is 26.0 Å². The molecule has 0 saturated heterocycles. The van der Waals surface area contributed by atoms with E-state index >= 15 is 0 Å². The zero-order valence-electron chi connectivity index (χ0n) is 11.2. The van der Waals surface area contributed by atoms with Gasteiger partial charge < -0.3 is 16.4 Å². The lowest BCUT2D eigenvalue weighted by molar-refractivity contribution is -0.125. The van der Waals surface area contributed by atoms with E-state index in [1.165, 1.54) is 0 Å². The number of rotatable bonds is 5. The summed E-state index contributed by atoms with van der Waals surface area (Å²) in [6.45, 7) is 3.59. The van der Waals surface area contributed by atoms with E-state index in [9.17, 15) is 9.59 Å². The Hall–Kier alpha value is -0.920. The molecule has 0 aliphatic carbocycles. The average Bonchev–Trinajstić information content (AvgIpc) is 2.38. The molecule has 5 nitrogen and oxygen atoms in total. The molecule has 0 radical (unpaired) electrons. The van der Waals surface area contributed by atoms with Crippen LogP contribution in [0.5, 0.6) is 0 Å². The highest BCUT2D eigenvalue weighted by Gasteiger charge is 2.17. The van der Waals surface area contributed by atoms with Crippen LogP contribution >= 0.6 is 31.9 Å². The standard InChI is InChI=1S/C13H17Br2N3O2/c1-7(2)12(16)13(20)17-6-11(19)18-10-4-3-8(14)5-9(10)15/h3-5,7,12H,6,16H2,1-2H3,(H,17,20)(H,18,19)/t12-/m0/s1. The van der Waals surface area contributed by atoms with Crippen LogP contribution in [-0.2, 0) is 9.59 Å². The average molecular weight is 407 g/mol. The molecule has 110 valence electrons. The first-order valence-electron chi connectivity index (χ1n) is 6.09. The third-order valence-electron chi connectivity index (χ3n) is 2.65. The second-order valence-corrected chi connectivity index (χ2v) is 6.43. The van der Waals surface area contributed by atoms with Crippen LogP contribution in [0.4, 0.5) is 5.69 Å². The summed E-state index contributed by atoms with van der Waals surface area (Å²) in [5.41, 5.74) is 6.32. The molecular weight excluding hydrogens is 390 g/mol. The summed E-state index contributed by atoms with van der Waals surface area (Å²) < 4.78 is 1.66. The first-order valence-corrected chi connectivity index (χ1v) is 7.68. The molecule has 1 atom stereocenters. The van der Waals surface area contributed by atoms with E-state index < -0.39 is 6.04 Å². The predicted molar refractivity (Wildman–Crippen MR) is 86.3 cm³/mol. The lowest BCUT2D eigenvalue weighted by Gasteiger charge is -2.15. The number of amides is 2. The molecule has 1 aromatic rings. The van der Waals surface area contributed by atoms with Gasteiger partial charge in [-0.2, -0.15) is 0 Å². The van der Waals surface area contributed by atoms with Gasteiger partial charge in [-0.15, -0.1) is 0 Å². The van der Waals surface area contributed by atoms with Gasteiger partial charge in [0.25, 0.3) is 0 Å². The normalized spacial score (nSPS) is 12.1.